The number of phenolic OH excluding ortho intramolecular Hbond substituents is 1. The van der Waals surface area contributed by atoms with Gasteiger partial charge in [0, 0.05) is 12.3 Å². The van der Waals surface area contributed by atoms with E-state index in [0.717, 1.165) is 11.0 Å². The van der Waals surface area contributed by atoms with Gasteiger partial charge in [0.1, 0.15) is 17.5 Å². The van der Waals surface area contributed by atoms with Gasteiger partial charge < -0.3 is 10.1 Å². The van der Waals surface area contributed by atoms with Crippen LogP contribution in [0.2, 0.25) is 0 Å². The van der Waals surface area contributed by atoms with Crippen molar-refractivity contribution < 1.29 is 5.11 Å². The number of pyridine rings is 1. The number of nitrogens with one attached hydrogen (secondary N) is 1. The minimum absolute atomic E-state index is 0.186. The van der Waals surface area contributed by atoms with Gasteiger partial charge in [0.15, 0.2) is 5.82 Å². The minimum Gasteiger partial charge on any atom is -0.508 e. The molecule has 0 saturated carbocycles. The van der Waals surface area contributed by atoms with E-state index in [4.69, 9.17) is 5.26 Å². The molecule has 0 atom stereocenters. The molecule has 0 aliphatic carbocycles. The third-order valence-electron chi connectivity index (χ3n) is 2.60. The molecule has 0 bridgehead atoms. The fourth-order valence-corrected chi connectivity index (χ4v) is 1.72. The number of aromatic amines is 1. The van der Waals surface area contributed by atoms with Crippen LogP contribution in [0.4, 0.5) is 0 Å². The molecule has 0 spiro atoms. The topological polar surface area (TPSA) is 85.6 Å². The summed E-state index contributed by atoms with van der Waals surface area (Å²) in [5.74, 6) is 0.797. The zero-order valence-corrected chi connectivity index (χ0v) is 9.25. The predicted octanol–water partition coefficient (Wildman–Crippen LogP) is 2.20. The van der Waals surface area contributed by atoms with Gasteiger partial charge in [-0.1, -0.05) is 0 Å². The van der Waals surface area contributed by atoms with Gasteiger partial charge >= 0.3 is 0 Å². The quantitative estimate of drug-likeness (QED) is 0.678. The van der Waals surface area contributed by atoms with Crippen molar-refractivity contribution in [3.8, 4) is 23.3 Å². The lowest BCUT2D eigenvalue weighted by Gasteiger charge is -1.94. The van der Waals surface area contributed by atoms with E-state index in [1.54, 1.807) is 30.3 Å². The lowest BCUT2D eigenvalue weighted by molar-refractivity contribution is 0.476. The Morgan fingerprint density at radius 2 is 2.11 bits per heavy atom. The first-order valence-electron chi connectivity index (χ1n) is 5.31. The molecule has 3 rings (SSSR count). The van der Waals surface area contributed by atoms with E-state index in [2.05, 4.69) is 15.0 Å². The van der Waals surface area contributed by atoms with Crippen molar-refractivity contribution in [2.45, 2.75) is 0 Å². The van der Waals surface area contributed by atoms with Gasteiger partial charge in [-0.25, -0.2) is 4.98 Å². The van der Waals surface area contributed by atoms with E-state index in [0.29, 0.717) is 17.1 Å². The fourth-order valence-electron chi connectivity index (χ4n) is 1.72. The van der Waals surface area contributed by atoms with Crippen LogP contribution in [0.25, 0.3) is 22.6 Å². The number of benzene rings is 1. The van der Waals surface area contributed by atoms with Crippen LogP contribution in [0.5, 0.6) is 5.75 Å². The van der Waals surface area contributed by atoms with E-state index in [-0.39, 0.29) is 5.75 Å². The highest BCUT2D eigenvalue weighted by Crippen LogP contribution is 2.22. The van der Waals surface area contributed by atoms with E-state index in [1.165, 1.54) is 6.20 Å². The average Bonchev–Trinajstić information content (AvgIpc) is 2.81. The summed E-state index contributed by atoms with van der Waals surface area (Å²) in [7, 11) is 0. The van der Waals surface area contributed by atoms with Crippen LogP contribution in [0, 0.1) is 11.3 Å². The first-order chi connectivity index (χ1) is 8.76. The highest BCUT2D eigenvalue weighted by molar-refractivity contribution is 5.80. The van der Waals surface area contributed by atoms with Gasteiger partial charge in [0.05, 0.1) is 16.6 Å². The first kappa shape index (κ1) is 10.3. The molecular formula is C13H8N4O. The molecule has 0 saturated heterocycles. The smallest absolute Gasteiger partial charge is 0.157 e. The summed E-state index contributed by atoms with van der Waals surface area (Å²) >= 11 is 0. The minimum atomic E-state index is 0.186. The number of hydrogen-bond donors (Lipinski definition) is 2. The molecule has 2 heterocycles. The molecular weight excluding hydrogens is 228 g/mol. The Morgan fingerprint density at radius 3 is 2.83 bits per heavy atom. The van der Waals surface area contributed by atoms with E-state index in [1.807, 2.05) is 6.07 Å². The van der Waals surface area contributed by atoms with Gasteiger partial charge in [-0.05, 0) is 24.3 Å². The Kier molecular flexibility index (Phi) is 2.21. The van der Waals surface area contributed by atoms with E-state index >= 15 is 0 Å². The van der Waals surface area contributed by atoms with Crippen LogP contribution in [-0.4, -0.2) is 20.1 Å². The molecule has 0 radical (unpaired) electrons. The van der Waals surface area contributed by atoms with Gasteiger partial charge in [0.2, 0.25) is 0 Å². The van der Waals surface area contributed by atoms with Crippen LogP contribution < -0.4 is 0 Å². The van der Waals surface area contributed by atoms with Crippen LogP contribution in [-0.2, 0) is 0 Å². The molecule has 0 unspecified atom stereocenters. The Morgan fingerprint density at radius 1 is 1.22 bits per heavy atom. The first-order valence-corrected chi connectivity index (χ1v) is 5.31. The molecule has 0 aliphatic heterocycles. The van der Waals surface area contributed by atoms with Gasteiger partial charge in [-0.3, -0.25) is 4.98 Å². The second-order valence-electron chi connectivity index (χ2n) is 3.83. The highest BCUT2D eigenvalue weighted by Gasteiger charge is 2.06. The normalized spacial score (nSPS) is 10.4. The molecule has 0 fully saturated rings. The predicted molar refractivity (Wildman–Crippen MR) is 65.7 cm³/mol. The number of imidazole rings is 1. The molecule has 1 aromatic carbocycles. The summed E-state index contributed by atoms with van der Waals surface area (Å²) in [6.07, 6.45) is 1.50. The van der Waals surface area contributed by atoms with Crippen molar-refractivity contribution in [1.29, 1.82) is 5.26 Å². The van der Waals surface area contributed by atoms with Crippen molar-refractivity contribution in [2.24, 2.45) is 0 Å². The zero-order chi connectivity index (χ0) is 12.5. The van der Waals surface area contributed by atoms with Gasteiger partial charge in [-0.15, -0.1) is 0 Å². The average molecular weight is 236 g/mol. The lowest BCUT2D eigenvalue weighted by Crippen LogP contribution is -1.86. The second-order valence-corrected chi connectivity index (χ2v) is 3.83. The van der Waals surface area contributed by atoms with E-state index < -0.39 is 0 Å². The van der Waals surface area contributed by atoms with Crippen molar-refractivity contribution in [2.75, 3.05) is 0 Å². The number of fused-ring (bicyclic) bond motifs is 1. The van der Waals surface area contributed by atoms with Crippen molar-refractivity contribution >= 4 is 11.0 Å². The molecule has 0 amide bonds. The molecule has 18 heavy (non-hydrogen) atoms. The molecule has 5 heteroatoms. The van der Waals surface area contributed by atoms with Gasteiger partial charge in [-0.2, -0.15) is 5.26 Å². The van der Waals surface area contributed by atoms with Crippen LogP contribution in [0.1, 0.15) is 5.56 Å². The number of hydrogen-bond acceptors (Lipinski definition) is 4. The van der Waals surface area contributed by atoms with E-state index in [9.17, 15) is 5.11 Å². The Labute approximate surface area is 102 Å². The summed E-state index contributed by atoms with van der Waals surface area (Å²) in [4.78, 5) is 11.6. The van der Waals surface area contributed by atoms with Crippen LogP contribution >= 0.6 is 0 Å². The third-order valence-corrected chi connectivity index (χ3v) is 2.60. The van der Waals surface area contributed by atoms with Crippen molar-refractivity contribution in [1.82, 2.24) is 15.0 Å². The second kappa shape index (κ2) is 3.86. The summed E-state index contributed by atoms with van der Waals surface area (Å²) in [5.41, 5.74) is 2.67. The Bertz CT molecular complexity index is 753. The highest BCUT2D eigenvalue weighted by atomic mass is 16.3. The van der Waals surface area contributed by atoms with Crippen molar-refractivity contribution in [3.63, 3.8) is 0 Å². The number of phenols is 1. The standard InChI is InChI=1S/C13H8N4O/c14-6-8-1-3-11(15-7-8)13-16-10-4-2-9(18)5-12(10)17-13/h1-5,7,18H,(H,16,17). The zero-order valence-electron chi connectivity index (χ0n) is 9.25. The number of nitrogens with zero attached hydrogens (tertiary/aromatic N) is 3. The maximum absolute atomic E-state index is 9.38. The Hall–Kier alpha value is -2.87. The van der Waals surface area contributed by atoms with Crippen LogP contribution in [0.3, 0.4) is 0 Å². The monoisotopic (exact) mass is 236 g/mol. The molecule has 2 aromatic heterocycles. The number of rotatable bonds is 1. The molecule has 86 valence electrons. The maximum atomic E-state index is 9.38. The molecule has 2 N–H and O–H groups in total. The molecule has 5 nitrogen and oxygen atoms in total. The summed E-state index contributed by atoms with van der Waals surface area (Å²) in [5, 5.41) is 18.1. The number of aromatic nitrogens is 3. The SMILES string of the molecule is N#Cc1ccc(-c2nc3ccc(O)cc3[nH]2)nc1. The molecule has 0 aliphatic rings. The summed E-state index contributed by atoms with van der Waals surface area (Å²) in [6.45, 7) is 0. The number of H-pyrrole nitrogens is 1. The summed E-state index contributed by atoms with van der Waals surface area (Å²) in [6, 6.07) is 10.4. The third kappa shape index (κ3) is 1.66. The van der Waals surface area contributed by atoms with Gasteiger partial charge in [0.25, 0.3) is 0 Å². The lowest BCUT2D eigenvalue weighted by atomic mass is 10.2. The van der Waals surface area contributed by atoms with Crippen molar-refractivity contribution in [3.05, 3.63) is 42.1 Å². The number of nitriles is 1. The molecule has 3 aromatic rings. The number of aromatic hydroxyl groups is 1. The Balaban J connectivity index is 2.10. The van der Waals surface area contributed by atoms with Crippen LogP contribution in [0.15, 0.2) is 36.5 Å². The maximum Gasteiger partial charge on any atom is 0.157 e. The fraction of sp³-hybridized carbons (Fsp3) is 0. The largest absolute Gasteiger partial charge is 0.508 e. The summed E-state index contributed by atoms with van der Waals surface area (Å²) < 4.78 is 0.